The van der Waals surface area contributed by atoms with Crippen LogP contribution >= 0.6 is 0 Å². The first-order valence-corrected chi connectivity index (χ1v) is 14.9. The molecule has 0 aliphatic rings. The summed E-state index contributed by atoms with van der Waals surface area (Å²) in [4.78, 5) is 0. The molecule has 6 aromatic carbocycles. The van der Waals surface area contributed by atoms with Crippen LogP contribution in [-0.2, 0) is 25.8 Å². The Balaban J connectivity index is 0.000000341. The first kappa shape index (κ1) is 35.2. The quantitative estimate of drug-likeness (QED) is 0.124. The Morgan fingerprint density at radius 1 is 0.500 bits per heavy atom. The maximum absolute atomic E-state index is 2.27. The first-order valence-electron chi connectivity index (χ1n) is 12.9. The van der Waals surface area contributed by atoms with Crippen molar-refractivity contribution in [3.05, 3.63) is 146 Å². The topological polar surface area (TPSA) is 0 Å². The molecule has 0 unspecified atom stereocenters. The molecular formula is C38H42HfSi. The predicted molar refractivity (Wildman–Crippen MR) is 179 cm³/mol. The van der Waals surface area contributed by atoms with Crippen LogP contribution in [0.1, 0.15) is 22.3 Å². The zero-order valence-corrected chi connectivity index (χ0v) is 30.0. The van der Waals surface area contributed by atoms with E-state index in [2.05, 4.69) is 150 Å². The second-order valence-electron chi connectivity index (χ2n) is 9.91. The number of aryl methyl sites for hydroxylation is 4. The van der Waals surface area contributed by atoms with Crippen LogP contribution in [0.3, 0.4) is 0 Å². The van der Waals surface area contributed by atoms with Crippen molar-refractivity contribution < 1.29 is 25.8 Å². The van der Waals surface area contributed by atoms with Crippen LogP contribution < -0.4 is 0 Å². The van der Waals surface area contributed by atoms with Gasteiger partial charge in [0.2, 0.25) is 0 Å². The van der Waals surface area contributed by atoms with E-state index in [9.17, 15) is 0 Å². The van der Waals surface area contributed by atoms with Gasteiger partial charge in [0, 0.05) is 9.52 Å². The van der Waals surface area contributed by atoms with Gasteiger partial charge in [-0.2, -0.15) is 12.1 Å². The molecule has 2 heteroatoms. The smallest absolute Gasteiger partial charge is 0.358 e. The van der Waals surface area contributed by atoms with Crippen molar-refractivity contribution in [2.24, 2.45) is 0 Å². The Morgan fingerprint density at radius 3 is 1.15 bits per heavy atom. The van der Waals surface area contributed by atoms with E-state index in [4.69, 9.17) is 0 Å². The van der Waals surface area contributed by atoms with Crippen LogP contribution in [-0.4, -0.2) is 9.52 Å². The van der Waals surface area contributed by atoms with E-state index >= 15 is 0 Å². The molecule has 6 aromatic rings. The van der Waals surface area contributed by atoms with Gasteiger partial charge in [-0.15, -0.1) is 69.1 Å². The zero-order chi connectivity index (χ0) is 26.4. The van der Waals surface area contributed by atoms with Crippen molar-refractivity contribution in [3.8, 4) is 22.3 Å². The normalized spacial score (nSPS) is 9.75. The van der Waals surface area contributed by atoms with Gasteiger partial charge in [-0.1, -0.05) is 110 Å². The van der Waals surface area contributed by atoms with E-state index in [1.807, 2.05) is 0 Å². The molecule has 0 atom stereocenters. The summed E-state index contributed by atoms with van der Waals surface area (Å²) in [5, 5.41) is 5.38. The molecule has 40 heavy (non-hydrogen) atoms. The van der Waals surface area contributed by atoms with E-state index in [0.717, 1.165) is 9.52 Å². The van der Waals surface area contributed by atoms with Crippen LogP contribution in [0.5, 0.6) is 0 Å². The molecule has 0 N–H and O–H groups in total. The Labute approximate surface area is 264 Å². The summed E-state index contributed by atoms with van der Waals surface area (Å²) in [5.41, 5.74) is 10.5. The van der Waals surface area contributed by atoms with Gasteiger partial charge >= 0.3 is 25.8 Å². The molecular weight excluding hydrogens is 663 g/mol. The van der Waals surface area contributed by atoms with E-state index in [0.29, 0.717) is 0 Å². The summed E-state index contributed by atoms with van der Waals surface area (Å²) >= 11 is 0. The van der Waals surface area contributed by atoms with Crippen LogP contribution in [0.4, 0.5) is 0 Å². The number of hydrogen-bond acceptors (Lipinski definition) is 0. The molecule has 0 heterocycles. The van der Waals surface area contributed by atoms with Gasteiger partial charge in [0.05, 0.1) is 0 Å². The summed E-state index contributed by atoms with van der Waals surface area (Å²) in [6, 6.07) is 39.5. The van der Waals surface area contributed by atoms with Gasteiger partial charge in [0.15, 0.2) is 0 Å². The van der Waals surface area contributed by atoms with Crippen molar-refractivity contribution >= 4 is 31.1 Å². The first-order chi connectivity index (χ1) is 17.9. The molecule has 0 aliphatic heterocycles. The van der Waals surface area contributed by atoms with Crippen LogP contribution in [0.25, 0.3) is 43.8 Å². The van der Waals surface area contributed by atoms with Gasteiger partial charge in [-0.25, -0.2) is 0 Å². The third kappa shape index (κ3) is 8.59. The van der Waals surface area contributed by atoms with Crippen molar-refractivity contribution in [1.82, 2.24) is 0 Å². The van der Waals surface area contributed by atoms with E-state index in [1.165, 1.54) is 66.1 Å². The summed E-state index contributed by atoms with van der Waals surface area (Å²) in [6.07, 6.45) is 0. The summed E-state index contributed by atoms with van der Waals surface area (Å²) in [7, 11) is 1.08. The Hall–Kier alpha value is -2.81. The second kappa shape index (κ2) is 16.5. The van der Waals surface area contributed by atoms with E-state index in [-0.39, 0.29) is 40.7 Å². The Kier molecular flexibility index (Phi) is 14.5. The average molecular weight is 705 g/mol. The molecule has 0 saturated heterocycles. The molecule has 2 radical (unpaired) electrons. The number of benzene rings is 4. The van der Waals surface area contributed by atoms with Gasteiger partial charge in [-0.3, -0.25) is 0 Å². The van der Waals surface area contributed by atoms with Crippen molar-refractivity contribution in [1.29, 1.82) is 0 Å². The molecule has 0 nitrogen and oxygen atoms in total. The average Bonchev–Trinajstić information content (AvgIpc) is 3.46. The number of fused-ring (bicyclic) bond motifs is 2. The number of rotatable bonds is 2. The zero-order valence-electron chi connectivity index (χ0n) is 25.4. The van der Waals surface area contributed by atoms with Crippen LogP contribution in [0, 0.1) is 42.5 Å². The van der Waals surface area contributed by atoms with Gasteiger partial charge in [0.25, 0.3) is 0 Å². The van der Waals surface area contributed by atoms with Crippen molar-refractivity contribution in [3.63, 3.8) is 0 Å². The van der Waals surface area contributed by atoms with Crippen molar-refractivity contribution in [2.45, 2.75) is 40.8 Å². The molecule has 0 fully saturated rings. The largest absolute Gasteiger partial charge is 4.00 e. The minimum Gasteiger partial charge on any atom is -0.358 e. The summed E-state index contributed by atoms with van der Waals surface area (Å²) < 4.78 is 0. The van der Waals surface area contributed by atoms with Crippen molar-refractivity contribution in [2.75, 3.05) is 0 Å². The maximum Gasteiger partial charge on any atom is 4.00 e. The number of hydrogen-bond donors (Lipinski definition) is 0. The SMILES string of the molecule is C[Si]C.Cc1ccc(-c2cccc3[cH-]c(C)cc23)cc1.Cc1ccc(-c2cccc3[cH-]c(C)cc23)cc1.[CH3-].[CH3-].[Hf+4]. The third-order valence-electron chi connectivity index (χ3n) is 6.52. The van der Waals surface area contributed by atoms with Crippen LogP contribution in [0.2, 0.25) is 13.1 Å². The fraction of sp³-hybridized carbons (Fsp3) is 0.158. The molecule has 6 rings (SSSR count). The molecule has 0 bridgehead atoms. The summed E-state index contributed by atoms with van der Waals surface area (Å²) in [6.45, 7) is 12.9. The standard InChI is InChI=1S/2C17H15.C2H6Si.2CH3.Hf/c2*1-12-6-8-14(9-7-12)16-5-3-4-15-10-13(2)11-17(15)16;1-3-2;;;/h2*3-11H,1-2H3;1-2H3;2*1H3;/q2*-1;;2*-1;+4. The molecule has 0 saturated carbocycles. The molecule has 0 aliphatic carbocycles. The third-order valence-corrected chi connectivity index (χ3v) is 6.52. The molecule has 202 valence electrons. The summed E-state index contributed by atoms with van der Waals surface area (Å²) in [5.74, 6) is 0. The monoisotopic (exact) mass is 706 g/mol. The minimum absolute atomic E-state index is 0. The fourth-order valence-corrected chi connectivity index (χ4v) is 4.74. The minimum atomic E-state index is 0. The molecule has 0 aromatic heterocycles. The predicted octanol–water partition coefficient (Wildman–Crippen LogP) is 11.4. The maximum atomic E-state index is 2.27. The molecule has 0 spiro atoms. The van der Waals surface area contributed by atoms with Gasteiger partial charge in [-0.05, 0) is 25.0 Å². The van der Waals surface area contributed by atoms with E-state index < -0.39 is 0 Å². The molecule has 0 amide bonds. The Bertz CT molecular complexity index is 1460. The second-order valence-corrected chi connectivity index (χ2v) is 10.9. The Morgan fingerprint density at radius 2 is 0.825 bits per heavy atom. The van der Waals surface area contributed by atoms with Crippen LogP contribution in [0.15, 0.2) is 109 Å². The van der Waals surface area contributed by atoms with Gasteiger partial charge < -0.3 is 14.9 Å². The van der Waals surface area contributed by atoms with Gasteiger partial charge in [0.1, 0.15) is 0 Å². The fourth-order valence-electron chi connectivity index (χ4n) is 4.74. The van der Waals surface area contributed by atoms with E-state index in [1.54, 1.807) is 0 Å².